The van der Waals surface area contributed by atoms with Crippen LogP contribution in [0.4, 0.5) is 0 Å². The average molecular weight is 425 g/mol. The lowest BCUT2D eigenvalue weighted by atomic mass is 10.1. The minimum Gasteiger partial charge on any atom is -0.464 e. The highest BCUT2D eigenvalue weighted by molar-refractivity contribution is 7.92. The lowest BCUT2D eigenvalue weighted by Crippen LogP contribution is -2.50. The molecule has 1 aliphatic rings. The van der Waals surface area contributed by atoms with Crippen LogP contribution < -0.4 is 0 Å². The molecular weight excluding hydrogens is 400 g/mol. The van der Waals surface area contributed by atoms with Gasteiger partial charge in [0.25, 0.3) is 0 Å². The molecule has 2 aromatic carbocycles. The van der Waals surface area contributed by atoms with Gasteiger partial charge in [0.1, 0.15) is 5.58 Å². The van der Waals surface area contributed by atoms with Crippen molar-refractivity contribution in [3.8, 4) is 0 Å². The van der Waals surface area contributed by atoms with Crippen molar-refractivity contribution in [3.63, 3.8) is 0 Å². The van der Waals surface area contributed by atoms with Crippen molar-refractivity contribution in [2.24, 2.45) is 0 Å². The number of sulfonamides is 1. The van der Waals surface area contributed by atoms with Gasteiger partial charge in [-0.1, -0.05) is 42.5 Å². The summed E-state index contributed by atoms with van der Waals surface area (Å²) in [7, 11) is -3.51. The molecule has 0 atom stereocenters. The molecule has 0 unspecified atom stereocenters. The van der Waals surface area contributed by atoms with Crippen LogP contribution in [0.15, 0.2) is 64.6 Å². The van der Waals surface area contributed by atoms with Crippen LogP contribution in [0.25, 0.3) is 17.0 Å². The summed E-state index contributed by atoms with van der Waals surface area (Å²) in [6.07, 6.45) is 3.48. The van der Waals surface area contributed by atoms with E-state index in [1.807, 2.05) is 55.5 Å². The van der Waals surface area contributed by atoms with Crippen molar-refractivity contribution in [2.75, 3.05) is 26.2 Å². The lowest BCUT2D eigenvalue weighted by Gasteiger charge is -2.33. The van der Waals surface area contributed by atoms with Gasteiger partial charge in [-0.25, -0.2) is 8.42 Å². The first-order valence-electron chi connectivity index (χ1n) is 9.90. The standard InChI is InChI=1S/C23H24N2O4S/c1-18-7-8-21-20(17-29-22(21)15-18)16-23(26)24-10-12-25(13-11-24)30(27,28)14-9-19-5-3-2-4-6-19/h2-9,14-15,17H,10-13,16H2,1H3/b14-9+. The maximum atomic E-state index is 12.7. The van der Waals surface area contributed by atoms with Gasteiger partial charge in [0.15, 0.2) is 0 Å². The fraction of sp³-hybridized carbons (Fsp3) is 0.261. The van der Waals surface area contributed by atoms with E-state index in [1.54, 1.807) is 17.2 Å². The molecule has 3 aromatic rings. The Morgan fingerprint density at radius 2 is 1.80 bits per heavy atom. The maximum absolute atomic E-state index is 12.7. The molecule has 1 amide bonds. The zero-order valence-corrected chi connectivity index (χ0v) is 17.6. The number of hydrogen-bond donors (Lipinski definition) is 0. The molecule has 1 fully saturated rings. The molecule has 156 valence electrons. The molecule has 0 bridgehead atoms. The van der Waals surface area contributed by atoms with E-state index in [4.69, 9.17) is 4.42 Å². The second kappa shape index (κ2) is 8.45. The number of furan rings is 1. The normalized spacial score (nSPS) is 15.8. The number of carbonyl (C=O) groups excluding carboxylic acids is 1. The number of amides is 1. The Hall–Kier alpha value is -2.90. The van der Waals surface area contributed by atoms with Crippen LogP contribution >= 0.6 is 0 Å². The van der Waals surface area contributed by atoms with Crippen LogP contribution in [-0.4, -0.2) is 49.7 Å². The molecule has 1 aliphatic heterocycles. The Labute approximate surface area is 176 Å². The van der Waals surface area contributed by atoms with Crippen LogP contribution in [0.3, 0.4) is 0 Å². The Balaban J connectivity index is 1.36. The van der Waals surface area contributed by atoms with Crippen molar-refractivity contribution in [3.05, 3.63) is 76.9 Å². The third-order valence-corrected chi connectivity index (χ3v) is 6.90. The van der Waals surface area contributed by atoms with Gasteiger partial charge in [0.05, 0.1) is 12.7 Å². The lowest BCUT2D eigenvalue weighted by molar-refractivity contribution is -0.131. The van der Waals surface area contributed by atoms with Crippen LogP contribution in [0.1, 0.15) is 16.7 Å². The number of rotatable bonds is 5. The fourth-order valence-electron chi connectivity index (χ4n) is 3.61. The third-order valence-electron chi connectivity index (χ3n) is 5.34. The van der Waals surface area contributed by atoms with Crippen LogP contribution in [0.2, 0.25) is 0 Å². The number of nitrogens with zero attached hydrogens (tertiary/aromatic N) is 2. The van der Waals surface area contributed by atoms with Crippen LogP contribution in [-0.2, 0) is 21.2 Å². The molecule has 0 N–H and O–H groups in total. The summed E-state index contributed by atoms with van der Waals surface area (Å²) in [4.78, 5) is 14.5. The summed E-state index contributed by atoms with van der Waals surface area (Å²) in [6, 6.07) is 15.2. The number of fused-ring (bicyclic) bond motifs is 1. The third kappa shape index (κ3) is 4.47. The highest BCUT2D eigenvalue weighted by Crippen LogP contribution is 2.23. The first kappa shape index (κ1) is 20.4. The van der Waals surface area contributed by atoms with Gasteiger partial charge in [-0.05, 0) is 30.2 Å². The van der Waals surface area contributed by atoms with E-state index in [9.17, 15) is 13.2 Å². The molecular formula is C23H24N2O4S. The second-order valence-electron chi connectivity index (χ2n) is 7.48. The second-order valence-corrected chi connectivity index (χ2v) is 9.29. The van der Waals surface area contributed by atoms with Gasteiger partial charge in [0, 0.05) is 42.5 Å². The zero-order valence-electron chi connectivity index (χ0n) is 16.8. The first-order chi connectivity index (χ1) is 14.4. The molecule has 1 aromatic heterocycles. The van der Waals surface area contributed by atoms with Gasteiger partial charge in [0.2, 0.25) is 15.9 Å². The van der Waals surface area contributed by atoms with E-state index < -0.39 is 10.0 Å². The topological polar surface area (TPSA) is 70.8 Å². The number of carbonyl (C=O) groups is 1. The van der Waals surface area contributed by atoms with Gasteiger partial charge >= 0.3 is 0 Å². The summed E-state index contributed by atoms with van der Waals surface area (Å²) in [6.45, 7) is 3.34. The van der Waals surface area contributed by atoms with E-state index in [-0.39, 0.29) is 12.3 Å². The predicted molar refractivity (Wildman–Crippen MR) is 117 cm³/mol. The van der Waals surface area contributed by atoms with Crippen LogP contribution in [0, 0.1) is 6.92 Å². The van der Waals surface area contributed by atoms with Crippen molar-refractivity contribution in [1.82, 2.24) is 9.21 Å². The Morgan fingerprint density at radius 3 is 2.53 bits per heavy atom. The fourth-order valence-corrected chi connectivity index (χ4v) is 4.78. The number of hydrogen-bond acceptors (Lipinski definition) is 4. The molecule has 0 aliphatic carbocycles. The molecule has 7 heteroatoms. The number of aryl methyl sites for hydroxylation is 1. The van der Waals surface area contributed by atoms with E-state index in [0.29, 0.717) is 26.2 Å². The van der Waals surface area contributed by atoms with Gasteiger partial charge in [-0.2, -0.15) is 4.31 Å². The van der Waals surface area contributed by atoms with Crippen LogP contribution in [0.5, 0.6) is 0 Å². The highest BCUT2D eigenvalue weighted by atomic mass is 32.2. The minimum atomic E-state index is -3.51. The molecule has 6 nitrogen and oxygen atoms in total. The maximum Gasteiger partial charge on any atom is 0.236 e. The van der Waals surface area contributed by atoms with Crippen molar-refractivity contribution >= 4 is 33.0 Å². The number of benzene rings is 2. The molecule has 4 rings (SSSR count). The zero-order chi connectivity index (χ0) is 21.1. The van der Waals surface area contributed by atoms with E-state index in [0.717, 1.165) is 27.7 Å². The predicted octanol–water partition coefficient (Wildman–Crippen LogP) is 3.43. The molecule has 0 radical (unpaired) electrons. The average Bonchev–Trinajstić information content (AvgIpc) is 3.15. The molecule has 0 saturated carbocycles. The minimum absolute atomic E-state index is 0.0184. The SMILES string of the molecule is Cc1ccc2c(CC(=O)N3CCN(S(=O)(=O)/C=C/c4ccccc4)CC3)coc2c1. The summed E-state index contributed by atoms with van der Waals surface area (Å²) in [5.41, 5.74) is 3.57. The van der Waals surface area contributed by atoms with Crippen molar-refractivity contribution in [2.45, 2.75) is 13.3 Å². The summed E-state index contributed by atoms with van der Waals surface area (Å²) < 4.78 is 32.2. The monoisotopic (exact) mass is 424 g/mol. The smallest absolute Gasteiger partial charge is 0.236 e. The quantitative estimate of drug-likeness (QED) is 0.629. The van der Waals surface area contributed by atoms with Gasteiger partial charge < -0.3 is 9.32 Å². The Kier molecular flexibility index (Phi) is 5.74. The van der Waals surface area contributed by atoms with Gasteiger partial charge in [-0.3, -0.25) is 4.79 Å². The largest absolute Gasteiger partial charge is 0.464 e. The Morgan fingerprint density at radius 1 is 1.07 bits per heavy atom. The van der Waals surface area contributed by atoms with E-state index >= 15 is 0 Å². The molecule has 1 saturated heterocycles. The summed E-state index contributed by atoms with van der Waals surface area (Å²) >= 11 is 0. The molecule has 0 spiro atoms. The Bertz CT molecular complexity index is 1170. The van der Waals surface area contributed by atoms with Crippen molar-refractivity contribution in [1.29, 1.82) is 0 Å². The first-order valence-corrected chi connectivity index (χ1v) is 11.4. The molecule has 2 heterocycles. The highest BCUT2D eigenvalue weighted by Gasteiger charge is 2.27. The summed E-state index contributed by atoms with van der Waals surface area (Å²) in [5.74, 6) is -0.0184. The summed E-state index contributed by atoms with van der Waals surface area (Å²) in [5, 5.41) is 2.18. The van der Waals surface area contributed by atoms with E-state index in [1.165, 1.54) is 9.71 Å². The van der Waals surface area contributed by atoms with Crippen molar-refractivity contribution < 1.29 is 17.6 Å². The van der Waals surface area contributed by atoms with E-state index in [2.05, 4.69) is 0 Å². The van der Waals surface area contributed by atoms with Gasteiger partial charge in [-0.15, -0.1) is 0 Å². The number of piperazine rings is 1. The molecule has 30 heavy (non-hydrogen) atoms.